The first kappa shape index (κ1) is 22.2. The van der Waals surface area contributed by atoms with Gasteiger partial charge in [-0.1, -0.05) is 12.1 Å². The number of fused-ring (bicyclic) bond motifs is 1. The third-order valence-electron chi connectivity index (χ3n) is 5.11. The highest BCUT2D eigenvalue weighted by Gasteiger charge is 2.23. The molecule has 2 heterocycles. The number of halogens is 1. The fourth-order valence-electron chi connectivity index (χ4n) is 3.42. The Hall–Kier alpha value is -2.54. The average molecular weight is 432 g/mol. The molecule has 4 rings (SSSR count). The van der Waals surface area contributed by atoms with Crippen LogP contribution in [0.15, 0.2) is 48.0 Å². The topological polar surface area (TPSA) is 57.2 Å². The molecule has 0 spiro atoms. The van der Waals surface area contributed by atoms with E-state index in [4.69, 9.17) is 18.9 Å². The maximum atomic E-state index is 12.8. The molecule has 0 aromatic heterocycles. The van der Waals surface area contributed by atoms with Gasteiger partial charge in [-0.25, -0.2) is 0 Å². The van der Waals surface area contributed by atoms with Gasteiger partial charge in [-0.2, -0.15) is 0 Å². The second-order valence-electron chi connectivity index (χ2n) is 7.02. The maximum Gasteiger partial charge on any atom is 0.196 e. The number of hydrogen-bond acceptors (Lipinski definition) is 6. The summed E-state index contributed by atoms with van der Waals surface area (Å²) in [5.74, 6) is 2.05. The molecule has 2 aromatic rings. The van der Waals surface area contributed by atoms with Crippen molar-refractivity contribution < 1.29 is 23.7 Å². The van der Waals surface area contributed by atoms with Crippen molar-refractivity contribution in [2.45, 2.75) is 0 Å². The number of ketones is 1. The molecule has 0 bridgehead atoms. The van der Waals surface area contributed by atoms with E-state index in [-0.39, 0.29) is 24.8 Å². The van der Waals surface area contributed by atoms with Crippen LogP contribution in [0.25, 0.3) is 6.08 Å². The van der Waals surface area contributed by atoms with Gasteiger partial charge in [-0.05, 0) is 35.9 Å². The molecule has 0 N–H and O–H groups in total. The highest BCUT2D eigenvalue weighted by atomic mass is 35.5. The van der Waals surface area contributed by atoms with Crippen molar-refractivity contribution in [3.05, 3.63) is 59.2 Å². The van der Waals surface area contributed by atoms with Gasteiger partial charge in [0.2, 0.25) is 0 Å². The number of hydrogen-bond donors (Lipinski definition) is 0. The number of benzene rings is 2. The van der Waals surface area contributed by atoms with Gasteiger partial charge in [0.15, 0.2) is 5.78 Å². The molecule has 1 fully saturated rings. The van der Waals surface area contributed by atoms with E-state index < -0.39 is 0 Å². The van der Waals surface area contributed by atoms with E-state index in [1.54, 1.807) is 25.3 Å². The summed E-state index contributed by atoms with van der Waals surface area (Å²) in [6.07, 6.45) is 1.87. The number of carbonyl (C=O) groups is 1. The molecule has 0 aliphatic carbocycles. The highest BCUT2D eigenvalue weighted by Crippen LogP contribution is 2.31. The predicted octanol–water partition coefficient (Wildman–Crippen LogP) is 3.49. The van der Waals surface area contributed by atoms with Gasteiger partial charge in [0.05, 0.1) is 25.9 Å². The van der Waals surface area contributed by atoms with Crippen LogP contribution in [0.1, 0.15) is 15.9 Å². The fourth-order valence-corrected chi connectivity index (χ4v) is 3.42. The van der Waals surface area contributed by atoms with Crippen LogP contribution in [0.5, 0.6) is 17.2 Å². The van der Waals surface area contributed by atoms with Crippen molar-refractivity contribution in [3.8, 4) is 17.2 Å². The van der Waals surface area contributed by atoms with Gasteiger partial charge >= 0.3 is 0 Å². The maximum absolute atomic E-state index is 12.8. The van der Waals surface area contributed by atoms with E-state index in [0.29, 0.717) is 29.2 Å². The van der Waals surface area contributed by atoms with Gasteiger partial charge in [-0.3, -0.25) is 9.69 Å². The lowest BCUT2D eigenvalue weighted by Crippen LogP contribution is -2.38. The Bertz CT molecular complexity index is 891. The summed E-state index contributed by atoms with van der Waals surface area (Å²) in [5, 5.41) is 0. The van der Waals surface area contributed by atoms with Crippen LogP contribution < -0.4 is 14.2 Å². The van der Waals surface area contributed by atoms with Gasteiger partial charge < -0.3 is 18.9 Å². The number of morpholine rings is 1. The standard InChI is InChI=1S/C23H25NO5.ClH/c1-26-20-6-7-21-22(15-20)29-16-18(23(21)25)14-17-2-4-19(5-3-17)28-13-10-24-8-11-27-12-9-24;/h2-7,14-15H,8-13,16H2,1H3;1H/b18-14+;. The number of ether oxygens (including phenoxy) is 4. The Kier molecular flexibility index (Phi) is 7.74. The molecule has 1 saturated heterocycles. The molecule has 2 aliphatic heterocycles. The number of Topliss-reactive ketones (excluding diaryl/α,β-unsaturated/α-hetero) is 1. The zero-order chi connectivity index (χ0) is 20.1. The van der Waals surface area contributed by atoms with Crippen LogP contribution in [0.2, 0.25) is 0 Å². The second-order valence-corrected chi connectivity index (χ2v) is 7.02. The van der Waals surface area contributed by atoms with Crippen molar-refractivity contribution in [2.75, 3.05) is 53.2 Å². The van der Waals surface area contributed by atoms with Crippen molar-refractivity contribution >= 4 is 24.3 Å². The number of carbonyl (C=O) groups excluding carboxylic acids is 1. The van der Waals surface area contributed by atoms with E-state index in [1.807, 2.05) is 30.3 Å². The van der Waals surface area contributed by atoms with Crippen molar-refractivity contribution in [1.82, 2.24) is 4.90 Å². The Morgan fingerprint density at radius 1 is 1.07 bits per heavy atom. The lowest BCUT2D eigenvalue weighted by Gasteiger charge is -2.26. The van der Waals surface area contributed by atoms with E-state index in [1.165, 1.54) is 0 Å². The zero-order valence-electron chi connectivity index (χ0n) is 17.0. The number of nitrogens with zero attached hydrogens (tertiary/aromatic N) is 1. The Balaban J connectivity index is 0.00000256. The zero-order valence-corrected chi connectivity index (χ0v) is 17.8. The smallest absolute Gasteiger partial charge is 0.196 e. The molecule has 2 aromatic carbocycles. The molecule has 160 valence electrons. The van der Waals surface area contributed by atoms with Crippen molar-refractivity contribution in [1.29, 1.82) is 0 Å². The van der Waals surface area contributed by atoms with Crippen LogP contribution in [0, 0.1) is 0 Å². The van der Waals surface area contributed by atoms with Gasteiger partial charge in [0.1, 0.15) is 30.5 Å². The third-order valence-corrected chi connectivity index (χ3v) is 5.11. The summed E-state index contributed by atoms with van der Waals surface area (Å²) in [4.78, 5) is 15.1. The summed E-state index contributed by atoms with van der Waals surface area (Å²) >= 11 is 0. The number of methoxy groups -OCH3 is 1. The average Bonchev–Trinajstić information content (AvgIpc) is 2.77. The number of rotatable bonds is 6. The van der Waals surface area contributed by atoms with Gasteiger partial charge in [0, 0.05) is 31.3 Å². The largest absolute Gasteiger partial charge is 0.497 e. The van der Waals surface area contributed by atoms with Crippen LogP contribution in [-0.4, -0.2) is 63.9 Å². The Morgan fingerprint density at radius 2 is 1.80 bits per heavy atom. The van der Waals surface area contributed by atoms with E-state index in [9.17, 15) is 4.79 Å². The first-order chi connectivity index (χ1) is 14.2. The minimum Gasteiger partial charge on any atom is -0.497 e. The molecule has 30 heavy (non-hydrogen) atoms. The molecule has 0 saturated carbocycles. The van der Waals surface area contributed by atoms with Crippen LogP contribution in [0.3, 0.4) is 0 Å². The monoisotopic (exact) mass is 431 g/mol. The Labute approximate surface area is 182 Å². The van der Waals surface area contributed by atoms with Crippen molar-refractivity contribution in [3.63, 3.8) is 0 Å². The van der Waals surface area contributed by atoms with Crippen LogP contribution >= 0.6 is 12.4 Å². The van der Waals surface area contributed by atoms with E-state index in [0.717, 1.165) is 44.2 Å². The summed E-state index contributed by atoms with van der Waals surface area (Å²) in [6, 6.07) is 13.0. The molecule has 7 heteroatoms. The van der Waals surface area contributed by atoms with Gasteiger partial charge in [-0.15, -0.1) is 12.4 Å². The normalized spacial score (nSPS) is 17.6. The summed E-state index contributed by atoms with van der Waals surface area (Å²) in [6.45, 7) is 5.30. The lowest BCUT2D eigenvalue weighted by atomic mass is 9.98. The molecule has 6 nitrogen and oxygen atoms in total. The van der Waals surface area contributed by atoms with Gasteiger partial charge in [0.25, 0.3) is 0 Å². The first-order valence-electron chi connectivity index (χ1n) is 9.82. The van der Waals surface area contributed by atoms with E-state index in [2.05, 4.69) is 4.90 Å². The predicted molar refractivity (Wildman–Crippen MR) is 117 cm³/mol. The fraction of sp³-hybridized carbons (Fsp3) is 0.348. The Morgan fingerprint density at radius 3 is 2.53 bits per heavy atom. The molecule has 0 amide bonds. The highest BCUT2D eigenvalue weighted by molar-refractivity contribution is 6.14. The molecular weight excluding hydrogens is 406 g/mol. The SMILES string of the molecule is COc1ccc2c(c1)OC/C(=C\c1ccc(OCCN3CCOCC3)cc1)C2=O.Cl. The van der Waals surface area contributed by atoms with Crippen LogP contribution in [0.4, 0.5) is 0 Å². The molecule has 2 aliphatic rings. The quantitative estimate of drug-likeness (QED) is 0.652. The molecule has 0 atom stereocenters. The summed E-state index contributed by atoms with van der Waals surface area (Å²) < 4.78 is 22.1. The second kappa shape index (κ2) is 10.5. The minimum absolute atomic E-state index is 0. The molecule has 0 unspecified atom stereocenters. The van der Waals surface area contributed by atoms with Crippen LogP contribution in [-0.2, 0) is 4.74 Å². The molecule has 0 radical (unpaired) electrons. The third kappa shape index (κ3) is 5.33. The lowest BCUT2D eigenvalue weighted by molar-refractivity contribution is 0.0322. The molecular formula is C23H26ClNO5. The summed E-state index contributed by atoms with van der Waals surface area (Å²) in [5.41, 5.74) is 2.13. The van der Waals surface area contributed by atoms with E-state index >= 15 is 0 Å². The van der Waals surface area contributed by atoms with Crippen molar-refractivity contribution in [2.24, 2.45) is 0 Å². The summed E-state index contributed by atoms with van der Waals surface area (Å²) in [7, 11) is 1.59. The minimum atomic E-state index is -0.0141. The first-order valence-corrected chi connectivity index (χ1v) is 9.82.